The summed E-state index contributed by atoms with van der Waals surface area (Å²) >= 11 is 0. The third-order valence-electron chi connectivity index (χ3n) is 0.981. The van der Waals surface area contributed by atoms with Crippen molar-refractivity contribution in [3.8, 4) is 11.8 Å². The van der Waals surface area contributed by atoms with Crippen LogP contribution in [0.2, 0.25) is 0 Å². The maximum Gasteiger partial charge on any atom is 0.405 e. The van der Waals surface area contributed by atoms with Crippen LogP contribution in [0.25, 0.3) is 0 Å². The minimum absolute atomic E-state index is 0.421. The van der Waals surface area contributed by atoms with Crippen molar-refractivity contribution in [2.75, 3.05) is 0 Å². The van der Waals surface area contributed by atoms with Crippen LogP contribution in [0, 0.1) is 11.8 Å². The Kier molecular flexibility index (Phi) is 3.75. The zero-order valence-electron chi connectivity index (χ0n) is 6.34. The fraction of sp³-hybridized carbons (Fsp3) is 0.429. The van der Waals surface area contributed by atoms with Gasteiger partial charge in [0.2, 0.25) is 5.78 Å². The molecule has 0 radical (unpaired) electrons. The van der Waals surface area contributed by atoms with Crippen LogP contribution in [0.4, 0.5) is 4.79 Å². The number of carbonyl (C=O) groups is 2. The van der Waals surface area contributed by atoms with Crippen molar-refractivity contribution >= 4 is 11.9 Å². The molecule has 4 nitrogen and oxygen atoms in total. The molecule has 0 aliphatic carbocycles. The standard InChI is InChI=1S/C7H9NO3/c1-3-4-6(9)5(2)8-7(10)11/h5,8H,1-2H3,(H,10,11)/t5-/m0/s1. The van der Waals surface area contributed by atoms with E-state index in [0.29, 0.717) is 0 Å². The zero-order chi connectivity index (χ0) is 8.85. The molecule has 1 atom stereocenters. The Hall–Kier alpha value is -1.50. The normalized spacial score (nSPS) is 10.7. The minimum atomic E-state index is -1.22. The molecule has 0 aliphatic heterocycles. The van der Waals surface area contributed by atoms with Crippen molar-refractivity contribution in [2.24, 2.45) is 0 Å². The van der Waals surface area contributed by atoms with E-state index < -0.39 is 17.9 Å². The Morgan fingerprint density at radius 3 is 2.45 bits per heavy atom. The maximum atomic E-state index is 10.8. The smallest absolute Gasteiger partial charge is 0.405 e. The van der Waals surface area contributed by atoms with Gasteiger partial charge < -0.3 is 10.4 Å². The van der Waals surface area contributed by atoms with E-state index in [-0.39, 0.29) is 0 Å². The van der Waals surface area contributed by atoms with Crippen LogP contribution in [-0.4, -0.2) is 23.0 Å². The highest BCUT2D eigenvalue weighted by atomic mass is 16.4. The Morgan fingerprint density at radius 1 is 1.55 bits per heavy atom. The van der Waals surface area contributed by atoms with Crippen molar-refractivity contribution in [3.63, 3.8) is 0 Å². The molecule has 0 bridgehead atoms. The van der Waals surface area contributed by atoms with Gasteiger partial charge in [-0.05, 0) is 19.8 Å². The van der Waals surface area contributed by atoms with Gasteiger partial charge in [0.1, 0.15) is 6.04 Å². The molecular weight excluding hydrogens is 146 g/mol. The molecule has 0 spiro atoms. The van der Waals surface area contributed by atoms with E-state index in [9.17, 15) is 9.59 Å². The Labute approximate surface area is 64.6 Å². The first kappa shape index (κ1) is 9.50. The van der Waals surface area contributed by atoms with Gasteiger partial charge in [0, 0.05) is 0 Å². The zero-order valence-corrected chi connectivity index (χ0v) is 6.34. The molecule has 0 rings (SSSR count). The van der Waals surface area contributed by atoms with Gasteiger partial charge >= 0.3 is 6.09 Å². The number of hydrogen-bond donors (Lipinski definition) is 2. The molecule has 0 aromatic rings. The highest BCUT2D eigenvalue weighted by Gasteiger charge is 2.11. The summed E-state index contributed by atoms with van der Waals surface area (Å²) in [5, 5.41) is 10.2. The monoisotopic (exact) mass is 155 g/mol. The SMILES string of the molecule is CC#CC(=O)[C@H](C)NC(=O)O. The van der Waals surface area contributed by atoms with E-state index in [0.717, 1.165) is 0 Å². The molecule has 0 saturated carbocycles. The minimum Gasteiger partial charge on any atom is -0.465 e. The predicted molar refractivity (Wildman–Crippen MR) is 39.1 cm³/mol. The van der Waals surface area contributed by atoms with E-state index in [1.165, 1.54) is 13.8 Å². The number of nitrogens with one attached hydrogen (secondary N) is 1. The molecule has 4 heteroatoms. The van der Waals surface area contributed by atoms with Gasteiger partial charge in [0.15, 0.2) is 0 Å². The van der Waals surface area contributed by atoms with Crippen LogP contribution < -0.4 is 5.32 Å². The number of amides is 1. The summed E-state index contributed by atoms with van der Waals surface area (Å²) < 4.78 is 0. The average Bonchev–Trinajstić information content (AvgIpc) is 1.86. The molecule has 11 heavy (non-hydrogen) atoms. The number of carbonyl (C=O) groups excluding carboxylic acids is 1. The van der Waals surface area contributed by atoms with Crippen molar-refractivity contribution in [2.45, 2.75) is 19.9 Å². The predicted octanol–water partition coefficient (Wildman–Crippen LogP) is 0.235. The first-order valence-corrected chi connectivity index (χ1v) is 3.04. The lowest BCUT2D eigenvalue weighted by Crippen LogP contribution is -2.36. The Morgan fingerprint density at radius 2 is 2.09 bits per heavy atom. The van der Waals surface area contributed by atoms with Crippen LogP contribution >= 0.6 is 0 Å². The van der Waals surface area contributed by atoms with Gasteiger partial charge in [-0.25, -0.2) is 4.79 Å². The fourth-order valence-electron chi connectivity index (χ4n) is 0.482. The van der Waals surface area contributed by atoms with Crippen LogP contribution in [0.1, 0.15) is 13.8 Å². The number of Topliss-reactive ketones (excluding diaryl/α,β-unsaturated/α-hetero) is 1. The molecule has 0 aliphatic rings. The lowest BCUT2D eigenvalue weighted by atomic mass is 10.2. The molecule has 0 aromatic carbocycles. The Bertz CT molecular complexity index is 224. The lowest BCUT2D eigenvalue weighted by molar-refractivity contribution is -0.115. The third-order valence-corrected chi connectivity index (χ3v) is 0.981. The van der Waals surface area contributed by atoms with Gasteiger partial charge in [-0.3, -0.25) is 4.79 Å². The summed E-state index contributed by atoms with van der Waals surface area (Å²) in [4.78, 5) is 20.8. The number of rotatable bonds is 2. The van der Waals surface area contributed by atoms with Crippen LogP contribution in [0.15, 0.2) is 0 Å². The molecule has 0 unspecified atom stereocenters. The number of ketones is 1. The molecule has 2 N–H and O–H groups in total. The molecule has 0 fully saturated rings. The van der Waals surface area contributed by atoms with E-state index in [1.54, 1.807) is 0 Å². The molecule has 60 valence electrons. The Balaban J connectivity index is 4.00. The maximum absolute atomic E-state index is 10.8. The summed E-state index contributed by atoms with van der Waals surface area (Å²) in [5.74, 6) is 4.20. The first-order valence-electron chi connectivity index (χ1n) is 3.04. The average molecular weight is 155 g/mol. The lowest BCUT2D eigenvalue weighted by Gasteiger charge is -2.04. The summed E-state index contributed by atoms with van der Waals surface area (Å²) in [6.07, 6.45) is -1.22. The van der Waals surface area contributed by atoms with E-state index in [1.807, 2.05) is 5.32 Å². The molecule has 0 saturated heterocycles. The highest BCUT2D eigenvalue weighted by molar-refractivity contribution is 6.00. The van der Waals surface area contributed by atoms with Crippen LogP contribution in [-0.2, 0) is 4.79 Å². The summed E-state index contributed by atoms with van der Waals surface area (Å²) in [6.45, 7) is 2.96. The summed E-state index contributed by atoms with van der Waals surface area (Å²) in [7, 11) is 0. The van der Waals surface area contributed by atoms with E-state index in [4.69, 9.17) is 5.11 Å². The van der Waals surface area contributed by atoms with E-state index in [2.05, 4.69) is 11.8 Å². The number of hydrogen-bond acceptors (Lipinski definition) is 2. The van der Waals surface area contributed by atoms with E-state index >= 15 is 0 Å². The highest BCUT2D eigenvalue weighted by Crippen LogP contribution is 1.82. The van der Waals surface area contributed by atoms with Gasteiger partial charge in [0.25, 0.3) is 0 Å². The quantitative estimate of drug-likeness (QED) is 0.443. The molecule has 0 aromatic heterocycles. The van der Waals surface area contributed by atoms with Gasteiger partial charge in [-0.2, -0.15) is 0 Å². The van der Waals surface area contributed by atoms with Crippen molar-refractivity contribution < 1.29 is 14.7 Å². The summed E-state index contributed by atoms with van der Waals surface area (Å²) in [5.41, 5.74) is 0. The topological polar surface area (TPSA) is 66.4 Å². The molecule has 0 heterocycles. The van der Waals surface area contributed by atoms with Crippen LogP contribution in [0.5, 0.6) is 0 Å². The van der Waals surface area contributed by atoms with Gasteiger partial charge in [-0.15, -0.1) is 0 Å². The second-order valence-electron chi connectivity index (χ2n) is 1.91. The first-order chi connectivity index (χ1) is 5.07. The van der Waals surface area contributed by atoms with Crippen molar-refractivity contribution in [3.05, 3.63) is 0 Å². The van der Waals surface area contributed by atoms with Crippen LogP contribution in [0.3, 0.4) is 0 Å². The third kappa shape index (κ3) is 3.98. The second kappa shape index (κ2) is 4.34. The summed E-state index contributed by atoms with van der Waals surface area (Å²) in [6, 6.07) is -0.750. The molecule has 1 amide bonds. The number of carboxylic acid groups (broad SMARTS) is 1. The van der Waals surface area contributed by atoms with Crippen molar-refractivity contribution in [1.29, 1.82) is 0 Å². The fourth-order valence-corrected chi connectivity index (χ4v) is 0.482. The largest absolute Gasteiger partial charge is 0.465 e. The van der Waals surface area contributed by atoms with Gasteiger partial charge in [0.05, 0.1) is 0 Å². The van der Waals surface area contributed by atoms with Gasteiger partial charge in [-0.1, -0.05) is 5.92 Å². The second-order valence-corrected chi connectivity index (χ2v) is 1.91. The molecular formula is C7H9NO3. The van der Waals surface area contributed by atoms with Crippen molar-refractivity contribution in [1.82, 2.24) is 5.32 Å².